The molecule has 2 aromatic carbocycles. The molecular formula is C21H22N4O3. The lowest BCUT2D eigenvalue weighted by Gasteiger charge is -2.34. The molecule has 0 spiro atoms. The summed E-state index contributed by atoms with van der Waals surface area (Å²) in [5, 5.41) is 12.1. The molecule has 144 valence electrons. The zero-order chi connectivity index (χ0) is 19.9. The first-order chi connectivity index (χ1) is 13.6. The van der Waals surface area contributed by atoms with Crippen LogP contribution in [-0.2, 0) is 16.1 Å². The normalized spacial score (nSPS) is 14.4. The molecule has 3 rings (SSSR count). The van der Waals surface area contributed by atoms with E-state index in [1.165, 1.54) is 0 Å². The number of ether oxygens (including phenoxy) is 1. The van der Waals surface area contributed by atoms with Crippen LogP contribution >= 0.6 is 0 Å². The van der Waals surface area contributed by atoms with Crippen molar-refractivity contribution >= 4 is 17.5 Å². The molecule has 1 N–H and O–H groups in total. The highest BCUT2D eigenvalue weighted by Gasteiger charge is 2.27. The molecule has 7 heteroatoms. The summed E-state index contributed by atoms with van der Waals surface area (Å²) in [7, 11) is 1.59. The van der Waals surface area contributed by atoms with E-state index in [2.05, 4.69) is 11.4 Å². The highest BCUT2D eigenvalue weighted by atomic mass is 16.5. The Kier molecular flexibility index (Phi) is 6.25. The number of anilines is 1. The summed E-state index contributed by atoms with van der Waals surface area (Å²) >= 11 is 0. The second-order valence-electron chi connectivity index (χ2n) is 6.47. The van der Waals surface area contributed by atoms with Crippen molar-refractivity contribution in [2.24, 2.45) is 0 Å². The van der Waals surface area contributed by atoms with E-state index in [-0.39, 0.29) is 24.9 Å². The number of rotatable bonds is 6. The average molecular weight is 378 g/mol. The van der Waals surface area contributed by atoms with Crippen LogP contribution in [0.25, 0.3) is 0 Å². The fraction of sp³-hybridized carbons (Fsp3) is 0.286. The lowest BCUT2D eigenvalue weighted by molar-refractivity contribution is -0.125. The Labute approximate surface area is 164 Å². The first-order valence-corrected chi connectivity index (χ1v) is 9.03. The molecule has 28 heavy (non-hydrogen) atoms. The fourth-order valence-electron chi connectivity index (χ4n) is 3.22. The maximum atomic E-state index is 12.5. The SMILES string of the molecule is COc1ccccc1CNC(=O)CN1CCN(c2ccccc2C#N)C(=O)C1. The van der Waals surface area contributed by atoms with Gasteiger partial charge in [-0.1, -0.05) is 30.3 Å². The number of carbonyl (C=O) groups excluding carboxylic acids is 2. The Morgan fingerprint density at radius 3 is 2.68 bits per heavy atom. The molecule has 7 nitrogen and oxygen atoms in total. The second-order valence-corrected chi connectivity index (χ2v) is 6.47. The van der Waals surface area contributed by atoms with Crippen molar-refractivity contribution < 1.29 is 14.3 Å². The maximum absolute atomic E-state index is 12.5. The second kappa shape index (κ2) is 9.02. The third-order valence-corrected chi connectivity index (χ3v) is 4.65. The van der Waals surface area contributed by atoms with Crippen molar-refractivity contribution in [3.8, 4) is 11.8 Å². The summed E-state index contributed by atoms with van der Waals surface area (Å²) in [4.78, 5) is 28.2. The van der Waals surface area contributed by atoms with Crippen LogP contribution in [0.15, 0.2) is 48.5 Å². The monoisotopic (exact) mass is 378 g/mol. The standard InChI is InChI=1S/C21H22N4O3/c1-28-19-9-5-3-7-17(19)13-23-20(26)14-24-10-11-25(21(27)15-24)18-8-4-2-6-16(18)12-22/h2-9H,10-11,13-15H2,1H3,(H,23,26). The van der Waals surface area contributed by atoms with Crippen LogP contribution in [0, 0.1) is 11.3 Å². The van der Waals surface area contributed by atoms with E-state index >= 15 is 0 Å². The van der Waals surface area contributed by atoms with E-state index in [1.54, 1.807) is 36.3 Å². The van der Waals surface area contributed by atoms with Gasteiger partial charge in [-0.25, -0.2) is 0 Å². The third kappa shape index (κ3) is 4.48. The number of methoxy groups -OCH3 is 1. The van der Waals surface area contributed by atoms with Gasteiger partial charge in [-0.2, -0.15) is 5.26 Å². The van der Waals surface area contributed by atoms with Crippen LogP contribution in [0.5, 0.6) is 5.75 Å². The molecule has 2 aromatic rings. The van der Waals surface area contributed by atoms with Crippen molar-refractivity contribution in [2.75, 3.05) is 38.2 Å². The van der Waals surface area contributed by atoms with Gasteiger partial charge in [-0.05, 0) is 18.2 Å². The summed E-state index contributed by atoms with van der Waals surface area (Å²) in [5.74, 6) is 0.457. The minimum Gasteiger partial charge on any atom is -0.496 e. The van der Waals surface area contributed by atoms with Gasteiger partial charge in [-0.15, -0.1) is 0 Å². The number of hydrogen-bond donors (Lipinski definition) is 1. The van der Waals surface area contributed by atoms with Crippen LogP contribution in [0.2, 0.25) is 0 Å². The average Bonchev–Trinajstić information content (AvgIpc) is 2.72. The fourth-order valence-corrected chi connectivity index (χ4v) is 3.22. The van der Waals surface area contributed by atoms with Crippen LogP contribution in [0.1, 0.15) is 11.1 Å². The van der Waals surface area contributed by atoms with Gasteiger partial charge >= 0.3 is 0 Å². The molecule has 1 fully saturated rings. The minimum absolute atomic E-state index is 0.119. The first kappa shape index (κ1) is 19.4. The molecule has 1 aliphatic rings. The molecule has 1 heterocycles. The van der Waals surface area contributed by atoms with Crippen molar-refractivity contribution in [3.05, 3.63) is 59.7 Å². The van der Waals surface area contributed by atoms with E-state index in [9.17, 15) is 14.9 Å². The minimum atomic E-state index is -0.149. The number of nitrogens with zero attached hydrogens (tertiary/aromatic N) is 3. The van der Waals surface area contributed by atoms with Crippen molar-refractivity contribution in [1.82, 2.24) is 10.2 Å². The predicted octanol–water partition coefficient (Wildman–Crippen LogP) is 1.53. The van der Waals surface area contributed by atoms with Gasteiger partial charge in [0, 0.05) is 25.2 Å². The van der Waals surface area contributed by atoms with Crippen LogP contribution in [0.3, 0.4) is 0 Å². The van der Waals surface area contributed by atoms with Crippen LogP contribution in [0.4, 0.5) is 5.69 Å². The Balaban J connectivity index is 1.54. The lowest BCUT2D eigenvalue weighted by atomic mass is 10.1. The third-order valence-electron chi connectivity index (χ3n) is 4.65. The summed E-state index contributed by atoms with van der Waals surface area (Å²) < 4.78 is 5.28. The van der Waals surface area contributed by atoms with E-state index < -0.39 is 0 Å². The quantitative estimate of drug-likeness (QED) is 0.824. The molecule has 0 atom stereocenters. The zero-order valence-electron chi connectivity index (χ0n) is 15.7. The lowest BCUT2D eigenvalue weighted by Crippen LogP contribution is -2.53. The van der Waals surface area contributed by atoms with E-state index in [0.717, 1.165) is 11.3 Å². The highest BCUT2D eigenvalue weighted by molar-refractivity contribution is 5.97. The maximum Gasteiger partial charge on any atom is 0.241 e. The molecule has 0 radical (unpaired) electrons. The molecule has 0 aromatic heterocycles. The number of nitriles is 1. The molecule has 1 saturated heterocycles. The number of hydrogen-bond acceptors (Lipinski definition) is 5. The van der Waals surface area contributed by atoms with Gasteiger partial charge in [-0.3, -0.25) is 14.5 Å². The highest BCUT2D eigenvalue weighted by Crippen LogP contribution is 2.21. The van der Waals surface area contributed by atoms with Gasteiger partial charge in [0.05, 0.1) is 31.5 Å². The van der Waals surface area contributed by atoms with Crippen LogP contribution in [-0.4, -0.2) is 50.0 Å². The number of benzene rings is 2. The number of para-hydroxylation sites is 2. The van der Waals surface area contributed by atoms with Crippen molar-refractivity contribution in [2.45, 2.75) is 6.54 Å². The van der Waals surface area contributed by atoms with E-state index in [4.69, 9.17) is 4.74 Å². The molecule has 0 aliphatic carbocycles. The first-order valence-electron chi connectivity index (χ1n) is 9.03. The number of nitrogens with one attached hydrogen (secondary N) is 1. The summed E-state index contributed by atoms with van der Waals surface area (Å²) in [6, 6.07) is 16.7. The topological polar surface area (TPSA) is 85.7 Å². The Hall–Kier alpha value is -3.37. The van der Waals surface area contributed by atoms with Crippen molar-refractivity contribution in [1.29, 1.82) is 5.26 Å². The molecule has 1 aliphatic heterocycles. The van der Waals surface area contributed by atoms with E-state index in [1.807, 2.05) is 29.2 Å². The summed E-state index contributed by atoms with van der Waals surface area (Å²) in [6.45, 7) is 1.66. The van der Waals surface area contributed by atoms with Gasteiger partial charge < -0.3 is 15.0 Å². The van der Waals surface area contributed by atoms with Crippen molar-refractivity contribution in [3.63, 3.8) is 0 Å². The smallest absolute Gasteiger partial charge is 0.241 e. The molecule has 0 unspecified atom stereocenters. The number of carbonyl (C=O) groups is 2. The van der Waals surface area contributed by atoms with Gasteiger partial charge in [0.25, 0.3) is 0 Å². The number of amides is 2. The molecule has 2 amide bonds. The Morgan fingerprint density at radius 2 is 1.93 bits per heavy atom. The van der Waals surface area contributed by atoms with Gasteiger partial charge in [0.2, 0.25) is 11.8 Å². The largest absolute Gasteiger partial charge is 0.496 e. The van der Waals surface area contributed by atoms with E-state index in [0.29, 0.717) is 30.9 Å². The van der Waals surface area contributed by atoms with Gasteiger partial charge in [0.1, 0.15) is 11.8 Å². The van der Waals surface area contributed by atoms with Crippen LogP contribution < -0.4 is 15.0 Å². The summed E-state index contributed by atoms with van der Waals surface area (Å²) in [5.41, 5.74) is 1.99. The number of piperazine rings is 1. The molecule has 0 saturated carbocycles. The zero-order valence-corrected chi connectivity index (χ0v) is 15.7. The van der Waals surface area contributed by atoms with Gasteiger partial charge in [0.15, 0.2) is 0 Å². The molecule has 0 bridgehead atoms. The Bertz CT molecular complexity index is 907. The summed E-state index contributed by atoms with van der Waals surface area (Å²) in [6.07, 6.45) is 0. The Morgan fingerprint density at radius 1 is 1.18 bits per heavy atom. The predicted molar refractivity (Wildman–Crippen MR) is 105 cm³/mol. The molecular weight excluding hydrogens is 356 g/mol.